The number of nitrogens with one attached hydrogen (secondary N) is 3. The van der Waals surface area contributed by atoms with Crippen LogP contribution in [0.25, 0.3) is 22.1 Å². The second-order valence-corrected chi connectivity index (χ2v) is 29.1. The molecule has 2 atom stereocenters. The zero-order valence-corrected chi connectivity index (χ0v) is 61.5. The molecular weight excluding hydrogens is 1470 g/mol. The number of rotatable bonds is 28. The van der Waals surface area contributed by atoms with Crippen LogP contribution in [-0.4, -0.2) is 117 Å². The first kappa shape index (κ1) is 73.2. The summed E-state index contributed by atoms with van der Waals surface area (Å²) in [6, 6.07) is 49.9. The lowest BCUT2D eigenvalue weighted by Gasteiger charge is -2.24. The van der Waals surface area contributed by atoms with Crippen LogP contribution in [0.5, 0.6) is 6.01 Å². The number of imidazole rings is 2. The van der Waals surface area contributed by atoms with E-state index in [1.807, 2.05) is 113 Å². The van der Waals surface area contributed by atoms with Gasteiger partial charge in [0, 0.05) is 80.6 Å². The fourth-order valence-electron chi connectivity index (χ4n) is 10.8. The molecule has 0 aliphatic heterocycles. The van der Waals surface area contributed by atoms with E-state index in [-0.39, 0.29) is 41.5 Å². The van der Waals surface area contributed by atoms with Crippen LogP contribution < -0.4 is 52.6 Å². The van der Waals surface area contributed by atoms with Gasteiger partial charge in [0.05, 0.1) is 68.1 Å². The van der Waals surface area contributed by atoms with Gasteiger partial charge in [-0.25, -0.2) is 24.9 Å². The number of nitrogens with zero attached hydrogens (tertiary/aromatic N) is 14. The molecule has 10 heterocycles. The Hall–Kier alpha value is -9.53. The highest BCUT2D eigenvalue weighted by molar-refractivity contribution is 7.10. The maximum absolute atomic E-state index is 12.0. The molecule has 103 heavy (non-hydrogen) atoms. The summed E-state index contributed by atoms with van der Waals surface area (Å²) in [7, 11) is 0. The number of benzene rings is 3. The highest BCUT2D eigenvalue weighted by Crippen LogP contribution is 2.41. The highest BCUT2D eigenvalue weighted by atomic mass is 35.5. The molecule has 0 spiro atoms. The van der Waals surface area contributed by atoms with Crippen LogP contribution in [0.2, 0.25) is 20.6 Å². The van der Waals surface area contributed by atoms with Gasteiger partial charge in [-0.3, -0.25) is 4.79 Å². The Morgan fingerprint density at radius 2 is 0.942 bits per heavy atom. The molecule has 0 radical (unpaired) electrons. The van der Waals surface area contributed by atoms with E-state index in [1.54, 1.807) is 69.6 Å². The smallest absolute Gasteiger partial charge is 0.294 e. The molecule has 33 heteroatoms. The van der Waals surface area contributed by atoms with Crippen molar-refractivity contribution >= 4 is 172 Å². The third-order valence-electron chi connectivity index (χ3n) is 15.8. The van der Waals surface area contributed by atoms with Crippen LogP contribution in [-0.2, 0) is 47.1 Å². The van der Waals surface area contributed by atoms with E-state index in [0.29, 0.717) is 104 Å². The van der Waals surface area contributed by atoms with Crippen molar-refractivity contribution in [2.75, 3.05) is 87.4 Å². The van der Waals surface area contributed by atoms with Gasteiger partial charge in [-0.05, 0) is 101 Å². The number of para-hydroxylation sites is 5. The molecule has 10 aromatic heterocycles. The fraction of sp³-hybridized carbons (Fsp3) is 0.243. The number of nitrogen functional groups attached to an aromatic ring is 4. The number of carbonyl (C=O) groups excluding carboxylic acids is 1. The van der Waals surface area contributed by atoms with E-state index in [2.05, 4.69) is 121 Å². The minimum atomic E-state index is -0.203. The van der Waals surface area contributed by atoms with Crippen molar-refractivity contribution < 1.29 is 19.0 Å². The van der Waals surface area contributed by atoms with E-state index < -0.39 is 0 Å². The predicted molar refractivity (Wildman–Crippen MR) is 416 cm³/mol. The molecule has 15 rings (SSSR count). The Morgan fingerprint density at radius 3 is 1.43 bits per heavy atom. The number of fused-ring (bicyclic) bond motifs is 2. The molecule has 13 aromatic rings. The number of thiophene rings is 4. The minimum Gasteiger partial charge on any atom is -0.464 e. The average Bonchev–Trinajstić information content (AvgIpc) is 1.64. The Labute approximate surface area is 629 Å². The summed E-state index contributed by atoms with van der Waals surface area (Å²) in [4.78, 5) is 73.9. The number of H-pyrrole nitrogens is 2. The zero-order chi connectivity index (χ0) is 71.4. The summed E-state index contributed by atoms with van der Waals surface area (Å²) >= 11 is 30.9. The number of aromatic amines is 2. The highest BCUT2D eigenvalue weighted by Gasteiger charge is 2.43. The van der Waals surface area contributed by atoms with Gasteiger partial charge in [0.25, 0.3) is 6.01 Å². The number of hydrogen-bond acceptors (Lipinski definition) is 26. The van der Waals surface area contributed by atoms with Gasteiger partial charge in [0.1, 0.15) is 62.9 Å². The monoisotopic (exact) mass is 1540 g/mol. The number of nitrogens with two attached hydrogens (primary N) is 4. The Morgan fingerprint density at radius 1 is 0.495 bits per heavy atom. The Bertz CT molecular complexity index is 4650. The van der Waals surface area contributed by atoms with E-state index in [1.165, 1.54) is 27.5 Å². The van der Waals surface area contributed by atoms with Crippen molar-refractivity contribution in [1.82, 2.24) is 59.8 Å². The number of hydrogen-bond donors (Lipinski definition) is 7. The standard InChI is InChI=1S/C20H19ClN6OS.C19H19ClN6OS.C19H20ClN5O2S.C12H13ClN4S/c21-17-9-18(26-19(22)25-17)27(10-13-4-3-7-29-13)16-8-12(16)11-28-20-23-14-5-1-2-6-15(14)24-20;20-16-10-18(25-19(21)24-16)26(11-13-4-3-9-28-13)7-8-27-12-17-22-14-5-1-2-6-15(14)23-17;20-16-11-17(24-19(21)23-16)25(12-15-7-4-10-28-15)8-9-27-13-18(26)22-14-5-2-1-3-6-14;13-10-6-11(16-12(14)15-10)17(8-3-4-8)7-9-2-1-5-18-9/h1-7,9,12,16H,8,10-11H2,(H,23,24)(H2,22,25,26);1-6,9-10H,7-8,11-12H2,(H,22,23)(H2,21,24,25);1-7,10-11H,8-9,12-13H2,(H,22,26)(H2,21,23,24);1-2,5-6,8H,3-4,7H2,(H2,14,15,16)/t12-,16?;;;/m0.../s1. The fourth-order valence-corrected chi connectivity index (χ4v) is 14.4. The molecule has 3 aromatic carbocycles. The van der Waals surface area contributed by atoms with Crippen molar-refractivity contribution in [3.05, 3.63) is 219 Å². The number of aromatic nitrogens is 12. The molecule has 2 fully saturated rings. The summed E-state index contributed by atoms with van der Waals surface area (Å²) in [5.74, 6) is 4.51. The third-order valence-corrected chi connectivity index (χ3v) is 20.0. The summed E-state index contributed by atoms with van der Waals surface area (Å²) in [6.07, 6.45) is 3.41. The second-order valence-electron chi connectivity index (χ2n) is 23.4. The molecule has 1 unspecified atom stereocenters. The molecule has 1 amide bonds. The molecule has 2 aliphatic carbocycles. The molecular formula is C70H71Cl4N21O4S4. The molecule has 2 saturated carbocycles. The number of carbonyl (C=O) groups is 1. The van der Waals surface area contributed by atoms with Crippen LogP contribution in [0.4, 0.5) is 52.8 Å². The quantitative estimate of drug-likeness (QED) is 0.0177. The van der Waals surface area contributed by atoms with Crippen molar-refractivity contribution in [2.24, 2.45) is 5.92 Å². The van der Waals surface area contributed by atoms with Gasteiger partial charge in [0.2, 0.25) is 29.7 Å². The summed E-state index contributed by atoms with van der Waals surface area (Å²) in [6.45, 7) is 5.88. The van der Waals surface area contributed by atoms with Gasteiger partial charge < -0.3 is 72.0 Å². The van der Waals surface area contributed by atoms with Crippen molar-refractivity contribution in [1.29, 1.82) is 0 Å². The lowest BCUT2D eigenvalue weighted by Crippen LogP contribution is -2.29. The topological polar surface area (TPSA) is 334 Å². The van der Waals surface area contributed by atoms with Crippen molar-refractivity contribution in [2.45, 2.75) is 64.1 Å². The van der Waals surface area contributed by atoms with Crippen LogP contribution in [0.3, 0.4) is 0 Å². The lowest BCUT2D eigenvalue weighted by atomic mass is 10.3. The molecule has 532 valence electrons. The number of anilines is 9. The number of halogens is 4. The maximum atomic E-state index is 12.0. The largest absolute Gasteiger partial charge is 0.464 e. The zero-order valence-electron chi connectivity index (χ0n) is 55.2. The summed E-state index contributed by atoms with van der Waals surface area (Å²) in [5.41, 5.74) is 27.5. The van der Waals surface area contributed by atoms with E-state index in [0.717, 1.165) is 69.6 Å². The first-order valence-electron chi connectivity index (χ1n) is 32.5. The van der Waals surface area contributed by atoms with Crippen molar-refractivity contribution in [3.63, 3.8) is 0 Å². The number of ether oxygens (including phenoxy) is 3. The van der Waals surface area contributed by atoms with Gasteiger partial charge in [-0.2, -0.15) is 24.9 Å². The van der Waals surface area contributed by atoms with Gasteiger partial charge >= 0.3 is 0 Å². The second kappa shape index (κ2) is 36.1. The first-order chi connectivity index (χ1) is 50.1. The van der Waals surface area contributed by atoms with E-state index in [9.17, 15) is 4.79 Å². The van der Waals surface area contributed by atoms with Gasteiger partial charge in [0.15, 0.2) is 0 Å². The summed E-state index contributed by atoms with van der Waals surface area (Å²) < 4.78 is 17.3. The molecule has 0 saturated heterocycles. The maximum Gasteiger partial charge on any atom is 0.294 e. The van der Waals surface area contributed by atoms with Crippen LogP contribution in [0.15, 0.2) is 173 Å². The first-order valence-corrected chi connectivity index (χ1v) is 37.5. The van der Waals surface area contributed by atoms with Gasteiger partial charge in [-0.1, -0.05) is 113 Å². The van der Waals surface area contributed by atoms with Crippen LogP contribution in [0.1, 0.15) is 44.6 Å². The van der Waals surface area contributed by atoms with E-state index >= 15 is 0 Å². The Balaban J connectivity index is 0.000000131. The summed E-state index contributed by atoms with van der Waals surface area (Å²) in [5, 5.41) is 12.3. The van der Waals surface area contributed by atoms with Crippen molar-refractivity contribution in [3.8, 4) is 6.01 Å². The third kappa shape index (κ3) is 22.2. The molecule has 11 N–H and O–H groups in total. The van der Waals surface area contributed by atoms with E-state index in [4.69, 9.17) is 83.5 Å². The Kier molecular flexibility index (Phi) is 25.6. The molecule has 25 nitrogen and oxygen atoms in total. The van der Waals surface area contributed by atoms with Gasteiger partial charge in [-0.15, -0.1) is 45.3 Å². The average molecular weight is 1540 g/mol. The normalized spacial score (nSPS) is 13.6. The van der Waals surface area contributed by atoms with Crippen LogP contribution in [0, 0.1) is 5.92 Å². The molecule has 0 bridgehead atoms. The minimum absolute atomic E-state index is 0.0333. The molecule has 2 aliphatic rings. The van der Waals surface area contributed by atoms with Crippen LogP contribution >= 0.6 is 91.8 Å². The predicted octanol–water partition coefficient (Wildman–Crippen LogP) is 14.4. The number of amides is 1. The SMILES string of the molecule is Nc1nc(Cl)cc(N(CCOCC(=O)Nc2ccccc2)Cc2cccs2)n1.Nc1nc(Cl)cc(N(CCOCc2nc3ccccc3[nH]2)Cc2cccs2)n1.Nc1nc(Cl)cc(N(Cc2cccs2)C2CC2)n1.Nc1nc(Cl)cc(N(Cc2cccs2)C2C[C@H]2COc2nc3ccccc3[nH]2)n1. The lowest BCUT2D eigenvalue weighted by molar-refractivity contribution is -0.120.